The molecule has 1 aromatic heterocycles. The van der Waals surface area contributed by atoms with Gasteiger partial charge in [-0.15, -0.1) is 0 Å². The molecule has 9 heteroatoms. The first-order chi connectivity index (χ1) is 10.3. The largest absolute Gasteiger partial charge is 0.446 e. The minimum absolute atomic E-state index is 0.140. The molecule has 0 spiro atoms. The Morgan fingerprint density at radius 3 is 2.55 bits per heavy atom. The number of aromatic nitrogens is 1. The molecule has 1 amide bonds. The second-order valence-electron chi connectivity index (χ2n) is 5.08. The van der Waals surface area contributed by atoms with Crippen LogP contribution in [0.2, 0.25) is 0 Å². The number of rotatable bonds is 3. The van der Waals surface area contributed by atoms with Crippen molar-refractivity contribution in [2.75, 3.05) is 31.1 Å². The van der Waals surface area contributed by atoms with Crippen molar-refractivity contribution in [2.24, 2.45) is 0 Å². The Morgan fingerprint density at radius 1 is 1.41 bits per heavy atom. The van der Waals surface area contributed by atoms with Crippen molar-refractivity contribution in [3.8, 4) is 0 Å². The van der Waals surface area contributed by atoms with Gasteiger partial charge in [-0.05, 0) is 13.3 Å². The fourth-order valence-corrected chi connectivity index (χ4v) is 2.79. The van der Waals surface area contributed by atoms with E-state index in [0.29, 0.717) is 42.6 Å². The summed E-state index contributed by atoms with van der Waals surface area (Å²) in [6, 6.07) is 0. The molecule has 1 atom stereocenters. The number of piperazine rings is 1. The van der Waals surface area contributed by atoms with Crippen molar-refractivity contribution in [3.05, 3.63) is 11.1 Å². The predicted molar refractivity (Wildman–Crippen MR) is 77.1 cm³/mol. The van der Waals surface area contributed by atoms with Crippen LogP contribution in [0.3, 0.4) is 0 Å². The maximum Gasteiger partial charge on any atom is 0.427 e. The first kappa shape index (κ1) is 16.9. The van der Waals surface area contributed by atoms with E-state index in [1.165, 1.54) is 0 Å². The normalized spacial score (nSPS) is 17.5. The summed E-state index contributed by atoms with van der Waals surface area (Å²) in [7, 11) is 0. The van der Waals surface area contributed by atoms with Gasteiger partial charge in [-0.25, -0.2) is 9.78 Å². The Hall–Kier alpha value is -1.51. The number of halogens is 3. The molecule has 0 aromatic carbocycles. The van der Waals surface area contributed by atoms with Gasteiger partial charge in [-0.2, -0.15) is 13.2 Å². The molecule has 0 aliphatic carbocycles. The molecule has 5 nitrogen and oxygen atoms in total. The van der Waals surface area contributed by atoms with E-state index >= 15 is 0 Å². The van der Waals surface area contributed by atoms with Gasteiger partial charge in [0.25, 0.3) is 0 Å². The van der Waals surface area contributed by atoms with Crippen LogP contribution in [0.4, 0.5) is 23.1 Å². The SMILES string of the molecule is CCC(C)OC(=O)N1CCN(c2ncc(C(F)(F)F)s2)CC1. The number of anilines is 1. The van der Waals surface area contributed by atoms with Crippen molar-refractivity contribution in [2.45, 2.75) is 32.5 Å². The Kier molecular flexibility index (Phi) is 5.15. The molecule has 0 bridgehead atoms. The number of carbonyl (C=O) groups is 1. The van der Waals surface area contributed by atoms with Gasteiger partial charge in [0.1, 0.15) is 11.0 Å². The Morgan fingerprint density at radius 2 is 2.05 bits per heavy atom. The van der Waals surface area contributed by atoms with E-state index in [1.807, 2.05) is 13.8 Å². The molecule has 1 aliphatic heterocycles. The molecule has 124 valence electrons. The summed E-state index contributed by atoms with van der Waals surface area (Å²) >= 11 is 0.625. The number of nitrogens with zero attached hydrogens (tertiary/aromatic N) is 3. The van der Waals surface area contributed by atoms with Crippen LogP contribution in [-0.2, 0) is 10.9 Å². The van der Waals surface area contributed by atoms with Crippen LogP contribution >= 0.6 is 11.3 Å². The minimum atomic E-state index is -4.36. The molecular weight excluding hydrogens is 319 g/mol. The number of thiazole rings is 1. The van der Waals surface area contributed by atoms with Gasteiger partial charge < -0.3 is 14.5 Å². The van der Waals surface area contributed by atoms with Gasteiger partial charge in [0.05, 0.1) is 6.20 Å². The highest BCUT2D eigenvalue weighted by Gasteiger charge is 2.34. The molecule has 0 saturated carbocycles. The highest BCUT2D eigenvalue weighted by atomic mass is 32.1. The van der Waals surface area contributed by atoms with Gasteiger partial charge in [-0.3, -0.25) is 0 Å². The lowest BCUT2D eigenvalue weighted by atomic mass is 10.3. The van der Waals surface area contributed by atoms with Gasteiger partial charge in [0.2, 0.25) is 0 Å². The van der Waals surface area contributed by atoms with Gasteiger partial charge in [-0.1, -0.05) is 18.3 Å². The number of alkyl halides is 3. The zero-order chi connectivity index (χ0) is 16.3. The van der Waals surface area contributed by atoms with E-state index in [1.54, 1.807) is 9.80 Å². The van der Waals surface area contributed by atoms with E-state index < -0.39 is 11.1 Å². The van der Waals surface area contributed by atoms with Crippen LogP contribution in [0.15, 0.2) is 6.20 Å². The Labute approximate surface area is 130 Å². The predicted octanol–water partition coefficient (Wildman–Crippen LogP) is 3.22. The topological polar surface area (TPSA) is 45.7 Å². The average Bonchev–Trinajstić information content (AvgIpc) is 2.97. The van der Waals surface area contributed by atoms with Gasteiger partial charge in [0, 0.05) is 26.2 Å². The van der Waals surface area contributed by atoms with Crippen LogP contribution in [0.25, 0.3) is 0 Å². The molecule has 1 unspecified atom stereocenters. The van der Waals surface area contributed by atoms with Crippen LogP contribution in [-0.4, -0.2) is 48.3 Å². The highest BCUT2D eigenvalue weighted by Crippen LogP contribution is 2.36. The number of hydrogen-bond donors (Lipinski definition) is 0. The van der Waals surface area contributed by atoms with E-state index in [0.717, 1.165) is 12.6 Å². The fourth-order valence-electron chi connectivity index (χ4n) is 1.95. The summed E-state index contributed by atoms with van der Waals surface area (Å²) in [5.41, 5.74) is 0. The molecule has 1 saturated heterocycles. The van der Waals surface area contributed by atoms with E-state index in [-0.39, 0.29) is 12.2 Å². The summed E-state index contributed by atoms with van der Waals surface area (Å²) in [5, 5.41) is 0.335. The summed E-state index contributed by atoms with van der Waals surface area (Å²) in [6.45, 7) is 5.46. The molecule has 1 aromatic rings. The second-order valence-corrected chi connectivity index (χ2v) is 6.09. The van der Waals surface area contributed by atoms with E-state index in [9.17, 15) is 18.0 Å². The summed E-state index contributed by atoms with van der Waals surface area (Å²) in [4.78, 5) is 18.3. The lowest BCUT2D eigenvalue weighted by Gasteiger charge is -2.34. The fraction of sp³-hybridized carbons (Fsp3) is 0.692. The first-order valence-electron chi connectivity index (χ1n) is 7.04. The monoisotopic (exact) mass is 337 g/mol. The maximum absolute atomic E-state index is 12.6. The van der Waals surface area contributed by atoms with Crippen LogP contribution in [0.5, 0.6) is 0 Å². The molecule has 0 radical (unpaired) electrons. The number of hydrogen-bond acceptors (Lipinski definition) is 5. The lowest BCUT2D eigenvalue weighted by Crippen LogP contribution is -2.49. The molecule has 1 aliphatic rings. The molecule has 2 heterocycles. The third-order valence-electron chi connectivity index (χ3n) is 3.46. The van der Waals surface area contributed by atoms with E-state index in [4.69, 9.17) is 4.74 Å². The lowest BCUT2D eigenvalue weighted by molar-refractivity contribution is -0.134. The zero-order valence-corrected chi connectivity index (χ0v) is 13.2. The molecule has 0 N–H and O–H groups in total. The van der Waals surface area contributed by atoms with Crippen molar-refractivity contribution in [1.82, 2.24) is 9.88 Å². The quantitative estimate of drug-likeness (QED) is 0.850. The van der Waals surface area contributed by atoms with Gasteiger partial charge >= 0.3 is 12.3 Å². The standard InChI is InChI=1S/C13H18F3N3O2S/c1-3-9(2)21-12(20)19-6-4-18(5-7-19)11-17-8-10(22-11)13(14,15)16/h8-9H,3-7H2,1-2H3. The number of amides is 1. The zero-order valence-electron chi connectivity index (χ0n) is 12.4. The Balaban J connectivity index is 1.89. The highest BCUT2D eigenvalue weighted by molar-refractivity contribution is 7.15. The second kappa shape index (κ2) is 6.72. The summed E-state index contributed by atoms with van der Waals surface area (Å²) in [5.74, 6) is 0. The van der Waals surface area contributed by atoms with Crippen LogP contribution in [0.1, 0.15) is 25.1 Å². The van der Waals surface area contributed by atoms with E-state index in [2.05, 4.69) is 4.98 Å². The van der Waals surface area contributed by atoms with Gasteiger partial charge in [0.15, 0.2) is 5.13 Å². The van der Waals surface area contributed by atoms with Crippen molar-refractivity contribution in [3.63, 3.8) is 0 Å². The first-order valence-corrected chi connectivity index (χ1v) is 7.86. The number of carbonyl (C=O) groups excluding carboxylic acids is 1. The molecule has 2 rings (SSSR count). The smallest absolute Gasteiger partial charge is 0.427 e. The van der Waals surface area contributed by atoms with Crippen LogP contribution < -0.4 is 4.90 Å². The van der Waals surface area contributed by atoms with Crippen LogP contribution in [0, 0.1) is 0 Å². The van der Waals surface area contributed by atoms with Crippen molar-refractivity contribution >= 4 is 22.6 Å². The molecule has 22 heavy (non-hydrogen) atoms. The summed E-state index contributed by atoms with van der Waals surface area (Å²) in [6.07, 6.45) is -3.28. The average molecular weight is 337 g/mol. The Bertz CT molecular complexity index is 513. The third kappa shape index (κ3) is 4.02. The van der Waals surface area contributed by atoms with Crippen molar-refractivity contribution < 1.29 is 22.7 Å². The third-order valence-corrected chi connectivity index (χ3v) is 4.56. The molecular formula is C13H18F3N3O2S. The maximum atomic E-state index is 12.6. The summed E-state index contributed by atoms with van der Waals surface area (Å²) < 4.78 is 43.0. The van der Waals surface area contributed by atoms with Crippen molar-refractivity contribution in [1.29, 1.82) is 0 Å². The molecule has 1 fully saturated rings. The number of ether oxygens (including phenoxy) is 1. The minimum Gasteiger partial charge on any atom is -0.446 e.